The molecule has 1 aliphatic rings. The number of H-pyrrole nitrogens is 1. The van der Waals surface area contributed by atoms with Crippen molar-refractivity contribution in [2.24, 2.45) is 0 Å². The van der Waals surface area contributed by atoms with Gasteiger partial charge in [0.25, 0.3) is 0 Å². The topological polar surface area (TPSA) is 58.2 Å². The predicted octanol–water partition coefficient (Wildman–Crippen LogP) is 3.12. The van der Waals surface area contributed by atoms with Gasteiger partial charge in [-0.3, -0.25) is 9.89 Å². The minimum atomic E-state index is -0.222. The third-order valence-corrected chi connectivity index (χ3v) is 5.14. The Morgan fingerprint density at radius 1 is 1.42 bits per heavy atom. The summed E-state index contributed by atoms with van der Waals surface area (Å²) in [4.78, 5) is 14.7. The number of aromatic amines is 1. The van der Waals surface area contributed by atoms with E-state index in [2.05, 4.69) is 10.2 Å². The summed E-state index contributed by atoms with van der Waals surface area (Å²) in [5, 5.41) is 6.71. The maximum absolute atomic E-state index is 14.1. The van der Waals surface area contributed by atoms with Gasteiger partial charge in [0.2, 0.25) is 5.91 Å². The highest BCUT2D eigenvalue weighted by Gasteiger charge is 2.34. The first-order valence-corrected chi connectivity index (χ1v) is 9.22. The maximum atomic E-state index is 14.1. The van der Waals surface area contributed by atoms with Gasteiger partial charge in [0.15, 0.2) is 0 Å². The van der Waals surface area contributed by atoms with Gasteiger partial charge in [-0.15, -0.1) is 0 Å². The molecule has 0 spiro atoms. The molecule has 1 aromatic heterocycles. The monoisotopic (exact) mass is 359 g/mol. The minimum Gasteiger partial charge on any atom is -0.379 e. The fourth-order valence-electron chi connectivity index (χ4n) is 3.74. The summed E-state index contributed by atoms with van der Waals surface area (Å²) in [5.74, 6) is -0.100. The van der Waals surface area contributed by atoms with Gasteiger partial charge < -0.3 is 9.64 Å². The number of hydrogen-bond acceptors (Lipinski definition) is 3. The number of nitrogens with zero attached hydrogens (tertiary/aromatic N) is 2. The van der Waals surface area contributed by atoms with E-state index in [0.717, 1.165) is 31.2 Å². The van der Waals surface area contributed by atoms with Crippen molar-refractivity contribution >= 4 is 5.91 Å². The number of amides is 1. The maximum Gasteiger partial charge on any atom is 0.222 e. The Morgan fingerprint density at radius 2 is 2.27 bits per heavy atom. The number of carbonyl (C=O) groups is 1. The van der Waals surface area contributed by atoms with Crippen LogP contribution < -0.4 is 0 Å². The largest absolute Gasteiger partial charge is 0.379 e. The third kappa shape index (κ3) is 4.49. The first-order chi connectivity index (χ1) is 12.7. The number of likely N-dealkylation sites (tertiary alicyclic amines) is 1. The lowest BCUT2D eigenvalue weighted by molar-refractivity contribution is -0.139. The van der Waals surface area contributed by atoms with E-state index in [1.165, 1.54) is 6.07 Å². The van der Waals surface area contributed by atoms with Gasteiger partial charge in [-0.05, 0) is 49.3 Å². The van der Waals surface area contributed by atoms with Crippen LogP contribution in [0.4, 0.5) is 4.39 Å². The number of aromatic nitrogens is 2. The van der Waals surface area contributed by atoms with Crippen molar-refractivity contribution in [1.29, 1.82) is 0 Å². The second kappa shape index (κ2) is 8.94. The molecule has 26 heavy (non-hydrogen) atoms. The Bertz CT molecular complexity index is 705. The summed E-state index contributed by atoms with van der Waals surface area (Å²) >= 11 is 0. The van der Waals surface area contributed by atoms with Crippen LogP contribution in [0.15, 0.2) is 36.7 Å². The molecule has 2 aromatic rings. The molecule has 0 saturated carbocycles. The average Bonchev–Trinajstić information content (AvgIpc) is 3.17. The van der Waals surface area contributed by atoms with Crippen LogP contribution in [0, 0.1) is 5.82 Å². The van der Waals surface area contributed by atoms with Crippen molar-refractivity contribution in [2.45, 2.75) is 50.7 Å². The van der Waals surface area contributed by atoms with E-state index in [9.17, 15) is 9.18 Å². The first kappa shape index (κ1) is 18.6. The molecule has 1 saturated heterocycles. The molecule has 0 aliphatic carbocycles. The van der Waals surface area contributed by atoms with E-state index >= 15 is 0 Å². The highest BCUT2D eigenvalue weighted by atomic mass is 19.1. The summed E-state index contributed by atoms with van der Waals surface area (Å²) in [6.45, 7) is 0.712. The number of hydrogen-bond donors (Lipinski definition) is 1. The standard InChI is InChI=1S/C20H26FN3O2/c1-26-19-9-5-11-24(18(19)12-16-7-2-3-8-17(16)21)20(25)10-4-6-15-13-22-23-14-15/h2-3,7-8,13-14,18-19H,4-6,9-12H2,1H3,(H,22,23)/t18-,19-/m0/s1. The summed E-state index contributed by atoms with van der Waals surface area (Å²) in [6.07, 6.45) is 7.96. The van der Waals surface area contributed by atoms with Gasteiger partial charge >= 0.3 is 0 Å². The zero-order valence-corrected chi connectivity index (χ0v) is 15.2. The van der Waals surface area contributed by atoms with Crippen LogP contribution in [0.5, 0.6) is 0 Å². The van der Waals surface area contributed by atoms with Gasteiger partial charge in [0, 0.05) is 26.3 Å². The van der Waals surface area contributed by atoms with Gasteiger partial charge in [-0.25, -0.2) is 4.39 Å². The van der Waals surface area contributed by atoms with Crippen molar-refractivity contribution in [3.05, 3.63) is 53.6 Å². The SMILES string of the molecule is CO[C@H]1CCCN(C(=O)CCCc2cn[nH]c2)[C@H]1Cc1ccccc1F. The zero-order valence-electron chi connectivity index (χ0n) is 15.2. The summed E-state index contributed by atoms with van der Waals surface area (Å²) in [6, 6.07) is 6.66. The molecule has 1 fully saturated rings. The molecule has 6 heteroatoms. The molecule has 1 aliphatic heterocycles. The van der Waals surface area contributed by atoms with Crippen molar-refractivity contribution in [1.82, 2.24) is 15.1 Å². The highest BCUT2D eigenvalue weighted by molar-refractivity contribution is 5.76. The summed E-state index contributed by atoms with van der Waals surface area (Å²) < 4.78 is 19.7. The Labute approximate surface area is 153 Å². The van der Waals surface area contributed by atoms with Crippen molar-refractivity contribution in [2.75, 3.05) is 13.7 Å². The van der Waals surface area contributed by atoms with Gasteiger partial charge in [-0.2, -0.15) is 5.10 Å². The van der Waals surface area contributed by atoms with Crippen LogP contribution in [-0.4, -0.2) is 46.8 Å². The first-order valence-electron chi connectivity index (χ1n) is 9.22. The van der Waals surface area contributed by atoms with Crippen molar-refractivity contribution < 1.29 is 13.9 Å². The van der Waals surface area contributed by atoms with Crippen LogP contribution in [-0.2, 0) is 22.4 Å². The highest BCUT2D eigenvalue weighted by Crippen LogP contribution is 2.25. The van der Waals surface area contributed by atoms with Gasteiger partial charge in [-0.1, -0.05) is 18.2 Å². The van der Waals surface area contributed by atoms with Crippen LogP contribution in [0.2, 0.25) is 0 Å². The second-order valence-electron chi connectivity index (χ2n) is 6.83. The number of benzene rings is 1. The Morgan fingerprint density at radius 3 is 3.00 bits per heavy atom. The lowest BCUT2D eigenvalue weighted by Crippen LogP contribution is -2.52. The molecule has 0 radical (unpaired) electrons. The molecule has 1 amide bonds. The Hall–Kier alpha value is -2.21. The molecule has 2 heterocycles. The normalized spacial score (nSPS) is 20.3. The number of ether oxygens (including phenoxy) is 1. The number of aryl methyl sites for hydroxylation is 1. The molecule has 1 aromatic carbocycles. The molecule has 140 valence electrons. The lowest BCUT2D eigenvalue weighted by atomic mass is 9.92. The van der Waals surface area contributed by atoms with Crippen LogP contribution in [0.3, 0.4) is 0 Å². The van der Waals surface area contributed by atoms with Crippen molar-refractivity contribution in [3.8, 4) is 0 Å². The smallest absolute Gasteiger partial charge is 0.222 e. The summed E-state index contributed by atoms with van der Waals surface area (Å²) in [7, 11) is 1.67. The van der Waals surface area contributed by atoms with Gasteiger partial charge in [0.1, 0.15) is 5.82 Å². The molecule has 2 atom stereocenters. The van der Waals surface area contributed by atoms with Crippen LogP contribution >= 0.6 is 0 Å². The predicted molar refractivity (Wildman–Crippen MR) is 97.2 cm³/mol. The van der Waals surface area contributed by atoms with E-state index in [-0.39, 0.29) is 23.9 Å². The average molecular weight is 359 g/mol. The molecule has 1 N–H and O–H groups in total. The number of carbonyl (C=O) groups excluding carboxylic acids is 1. The molecule has 5 nitrogen and oxygen atoms in total. The number of rotatable bonds is 7. The zero-order chi connectivity index (χ0) is 18.4. The number of halogens is 1. The van der Waals surface area contributed by atoms with E-state index in [1.54, 1.807) is 25.4 Å². The molecular formula is C20H26FN3O2. The van der Waals surface area contributed by atoms with Crippen LogP contribution in [0.25, 0.3) is 0 Å². The molecule has 3 rings (SSSR count). The number of nitrogens with one attached hydrogen (secondary N) is 1. The minimum absolute atomic E-state index is 0.0545. The molecular weight excluding hydrogens is 333 g/mol. The number of methoxy groups -OCH3 is 1. The summed E-state index contributed by atoms with van der Waals surface area (Å²) in [5.41, 5.74) is 1.74. The van der Waals surface area contributed by atoms with Gasteiger partial charge in [0.05, 0.1) is 18.3 Å². The number of piperidine rings is 1. The Kier molecular flexibility index (Phi) is 6.39. The Balaban J connectivity index is 1.65. The fraction of sp³-hybridized carbons (Fsp3) is 0.500. The van der Waals surface area contributed by atoms with E-state index in [0.29, 0.717) is 24.9 Å². The van der Waals surface area contributed by atoms with E-state index in [1.807, 2.05) is 17.2 Å². The second-order valence-corrected chi connectivity index (χ2v) is 6.83. The van der Waals surface area contributed by atoms with Crippen molar-refractivity contribution in [3.63, 3.8) is 0 Å². The fourth-order valence-corrected chi connectivity index (χ4v) is 3.74. The van der Waals surface area contributed by atoms with E-state index in [4.69, 9.17) is 4.74 Å². The van der Waals surface area contributed by atoms with Crippen LogP contribution in [0.1, 0.15) is 36.8 Å². The molecule has 0 unspecified atom stereocenters. The molecule has 0 bridgehead atoms. The lowest BCUT2D eigenvalue weighted by Gasteiger charge is -2.41. The third-order valence-electron chi connectivity index (χ3n) is 5.14. The van der Waals surface area contributed by atoms with E-state index < -0.39 is 0 Å². The quantitative estimate of drug-likeness (QED) is 0.826.